The molecule has 1 aliphatic heterocycles. The van der Waals surface area contributed by atoms with E-state index in [0.29, 0.717) is 36.6 Å². The highest BCUT2D eigenvalue weighted by Crippen LogP contribution is 2.31. The van der Waals surface area contributed by atoms with Gasteiger partial charge in [-0.2, -0.15) is 4.39 Å². The molecule has 1 aromatic heterocycles. The van der Waals surface area contributed by atoms with Gasteiger partial charge in [0.15, 0.2) is 16.8 Å². The van der Waals surface area contributed by atoms with Crippen LogP contribution >= 0.6 is 11.8 Å². The second kappa shape index (κ2) is 12.4. The minimum Gasteiger partial charge on any atom is -0.465 e. The van der Waals surface area contributed by atoms with Crippen LogP contribution in [0, 0.1) is 17.7 Å². The molecule has 4 N–H and O–H groups in total. The number of carbonyl (C=O) groups is 2. The van der Waals surface area contributed by atoms with Crippen LogP contribution in [0.25, 0.3) is 0 Å². The molecule has 12 heteroatoms. The molecular formula is C22H36FN7O3S. The van der Waals surface area contributed by atoms with Crippen molar-refractivity contribution in [3.8, 4) is 0 Å². The zero-order valence-electron chi connectivity index (χ0n) is 20.1. The molecule has 10 nitrogen and oxygen atoms in total. The van der Waals surface area contributed by atoms with Crippen LogP contribution < -0.4 is 21.1 Å². The molecule has 1 saturated heterocycles. The quantitative estimate of drug-likeness (QED) is 0.219. The Morgan fingerprint density at radius 1 is 1.24 bits per heavy atom. The number of nitrogens with zero attached hydrogens (tertiary/aromatic N) is 4. The van der Waals surface area contributed by atoms with Crippen LogP contribution in [0.4, 0.5) is 20.8 Å². The summed E-state index contributed by atoms with van der Waals surface area (Å²) in [6.07, 6.45) is 7.52. The lowest BCUT2D eigenvalue weighted by atomic mass is 9.92. The number of carboxylic acid groups (broad SMARTS) is 1. The highest BCUT2D eigenvalue weighted by Gasteiger charge is 2.28. The molecule has 0 aromatic carbocycles. The Labute approximate surface area is 204 Å². The molecule has 0 spiro atoms. The Morgan fingerprint density at radius 2 is 1.97 bits per heavy atom. The highest BCUT2D eigenvalue weighted by molar-refractivity contribution is 7.98. The molecular weight excluding hydrogens is 461 g/mol. The van der Waals surface area contributed by atoms with Gasteiger partial charge in [0.2, 0.25) is 11.7 Å². The van der Waals surface area contributed by atoms with Gasteiger partial charge >= 0.3 is 6.09 Å². The SMILES string of the molecule is CSc1nc(NNC(=O)[C@@H](CNC(=O)O)CC2CCCC2)c(F)c(N2CCC[C@@H](N(C)C)C2)n1. The average molecular weight is 498 g/mol. The first-order valence-corrected chi connectivity index (χ1v) is 13.1. The number of carbonyl (C=O) groups excluding carboxylic acids is 1. The molecule has 0 unspecified atom stereocenters. The van der Waals surface area contributed by atoms with E-state index in [9.17, 15) is 9.59 Å². The van der Waals surface area contributed by atoms with E-state index in [4.69, 9.17) is 5.11 Å². The lowest BCUT2D eigenvalue weighted by Gasteiger charge is -2.37. The normalized spacial score (nSPS) is 19.8. The first-order chi connectivity index (χ1) is 16.3. The van der Waals surface area contributed by atoms with E-state index in [0.717, 1.165) is 38.5 Å². The van der Waals surface area contributed by atoms with Crippen LogP contribution in [-0.4, -0.2) is 78.0 Å². The van der Waals surface area contributed by atoms with E-state index in [2.05, 4.69) is 31.0 Å². The lowest BCUT2D eigenvalue weighted by molar-refractivity contribution is -0.124. The van der Waals surface area contributed by atoms with Crippen molar-refractivity contribution in [2.45, 2.75) is 56.1 Å². The molecule has 2 aliphatic rings. The minimum absolute atomic E-state index is 0.00656. The van der Waals surface area contributed by atoms with Gasteiger partial charge in [0.1, 0.15) is 0 Å². The van der Waals surface area contributed by atoms with Crippen LogP contribution in [-0.2, 0) is 4.79 Å². The maximum atomic E-state index is 15.4. The fourth-order valence-electron chi connectivity index (χ4n) is 4.73. The Hall–Kier alpha value is -2.34. The summed E-state index contributed by atoms with van der Waals surface area (Å²) >= 11 is 1.30. The van der Waals surface area contributed by atoms with Gasteiger partial charge in [-0.1, -0.05) is 37.4 Å². The largest absolute Gasteiger partial charge is 0.465 e. The number of hydrazine groups is 1. The zero-order valence-corrected chi connectivity index (χ0v) is 21.0. The van der Waals surface area contributed by atoms with E-state index in [-0.39, 0.29) is 18.2 Å². The van der Waals surface area contributed by atoms with E-state index >= 15 is 4.39 Å². The summed E-state index contributed by atoms with van der Waals surface area (Å²) in [5.74, 6) is -1.05. The standard InChI is InChI=1S/C22H36FN7O3S/c1-29(2)16-9-6-10-30(13-16)19-17(23)18(25-21(26-19)34-3)27-28-20(31)15(12-24-22(32)33)11-14-7-4-5-8-14/h14-16,24H,4-13H2,1-3H3,(H,28,31)(H,32,33)(H,25,26,27)/t15-,16-/m1/s1. The molecule has 2 amide bonds. The Kier molecular flexibility index (Phi) is 9.57. The van der Waals surface area contributed by atoms with E-state index in [1.54, 1.807) is 0 Å². The van der Waals surface area contributed by atoms with Gasteiger partial charge in [0.05, 0.1) is 5.92 Å². The number of hydrogen-bond donors (Lipinski definition) is 4. The Balaban J connectivity index is 1.72. The molecule has 1 aliphatic carbocycles. The number of anilines is 2. The summed E-state index contributed by atoms with van der Waals surface area (Å²) < 4.78 is 15.4. The van der Waals surface area contributed by atoms with E-state index in [1.807, 2.05) is 25.3 Å². The Morgan fingerprint density at radius 3 is 2.62 bits per heavy atom. The van der Waals surface area contributed by atoms with E-state index in [1.165, 1.54) is 11.8 Å². The van der Waals surface area contributed by atoms with Gasteiger partial charge in [-0.05, 0) is 45.5 Å². The smallest absolute Gasteiger partial charge is 0.404 e. The van der Waals surface area contributed by atoms with Crippen molar-refractivity contribution < 1.29 is 19.1 Å². The number of rotatable bonds is 10. The fraction of sp³-hybridized carbons (Fsp3) is 0.727. The van der Waals surface area contributed by atoms with Gasteiger partial charge in [-0.15, -0.1) is 0 Å². The molecule has 2 heterocycles. The van der Waals surface area contributed by atoms with Crippen molar-refractivity contribution in [3.63, 3.8) is 0 Å². The minimum atomic E-state index is -1.18. The second-order valence-corrected chi connectivity index (χ2v) is 10.1. The molecule has 0 radical (unpaired) electrons. The average Bonchev–Trinajstić information content (AvgIpc) is 3.34. The third kappa shape index (κ3) is 7.08. The van der Waals surface area contributed by atoms with Crippen molar-refractivity contribution in [2.24, 2.45) is 11.8 Å². The Bertz CT molecular complexity index is 854. The van der Waals surface area contributed by atoms with Crippen molar-refractivity contribution >= 4 is 35.4 Å². The van der Waals surface area contributed by atoms with Crippen LogP contribution in [0.2, 0.25) is 0 Å². The van der Waals surface area contributed by atoms with Gasteiger partial charge in [-0.25, -0.2) is 14.8 Å². The predicted molar refractivity (Wildman–Crippen MR) is 131 cm³/mol. The molecule has 3 rings (SSSR count). The first kappa shape index (κ1) is 26.3. The monoisotopic (exact) mass is 497 g/mol. The number of thioether (sulfide) groups is 1. The maximum Gasteiger partial charge on any atom is 0.404 e. The summed E-state index contributed by atoms with van der Waals surface area (Å²) in [4.78, 5) is 36.6. The van der Waals surface area contributed by atoms with Crippen molar-refractivity contribution in [3.05, 3.63) is 5.82 Å². The molecule has 190 valence electrons. The van der Waals surface area contributed by atoms with Crippen LogP contribution in [0.3, 0.4) is 0 Å². The topological polar surface area (TPSA) is 123 Å². The first-order valence-electron chi connectivity index (χ1n) is 11.8. The number of amides is 2. The number of aromatic nitrogens is 2. The molecule has 2 fully saturated rings. The molecule has 0 bridgehead atoms. The van der Waals surface area contributed by atoms with Crippen LogP contribution in [0.5, 0.6) is 0 Å². The number of halogens is 1. The van der Waals surface area contributed by atoms with Crippen LogP contribution in [0.1, 0.15) is 44.9 Å². The summed E-state index contributed by atoms with van der Waals surface area (Å²) in [5, 5.41) is 11.7. The van der Waals surface area contributed by atoms with Gasteiger partial charge in [0, 0.05) is 25.7 Å². The number of nitrogens with one attached hydrogen (secondary N) is 3. The molecule has 2 atom stereocenters. The summed E-state index contributed by atoms with van der Waals surface area (Å²) in [5.41, 5.74) is 5.20. The number of piperidine rings is 1. The van der Waals surface area contributed by atoms with Crippen LogP contribution in [0.15, 0.2) is 5.16 Å². The van der Waals surface area contributed by atoms with Gasteiger partial charge < -0.3 is 20.2 Å². The van der Waals surface area contributed by atoms with Crippen molar-refractivity contribution in [1.82, 2.24) is 25.6 Å². The fourth-order valence-corrected chi connectivity index (χ4v) is 5.09. The second-order valence-electron chi connectivity index (χ2n) is 9.29. The molecule has 1 saturated carbocycles. The third-order valence-electron chi connectivity index (χ3n) is 6.69. The zero-order chi connectivity index (χ0) is 24.7. The number of hydrogen-bond acceptors (Lipinski definition) is 8. The number of likely N-dealkylation sites (N-methyl/N-ethyl adjacent to an activating group) is 1. The van der Waals surface area contributed by atoms with Crippen molar-refractivity contribution in [1.29, 1.82) is 0 Å². The lowest BCUT2D eigenvalue weighted by Crippen LogP contribution is -2.46. The summed E-state index contributed by atoms with van der Waals surface area (Å²) in [6.45, 7) is 1.36. The highest BCUT2D eigenvalue weighted by atomic mass is 32.2. The predicted octanol–water partition coefficient (Wildman–Crippen LogP) is 2.78. The maximum absolute atomic E-state index is 15.4. The molecule has 34 heavy (non-hydrogen) atoms. The van der Waals surface area contributed by atoms with Gasteiger partial charge in [0.25, 0.3) is 0 Å². The molecule has 1 aromatic rings. The summed E-state index contributed by atoms with van der Waals surface area (Å²) in [6, 6.07) is 0.301. The van der Waals surface area contributed by atoms with E-state index < -0.39 is 23.7 Å². The van der Waals surface area contributed by atoms with Gasteiger partial charge in [-0.3, -0.25) is 15.6 Å². The third-order valence-corrected chi connectivity index (χ3v) is 7.24. The summed E-state index contributed by atoms with van der Waals surface area (Å²) in [7, 11) is 4.03. The van der Waals surface area contributed by atoms with Crippen molar-refractivity contribution in [2.75, 3.05) is 50.3 Å².